The zero-order valence-electron chi connectivity index (χ0n) is 8.72. The van der Waals surface area contributed by atoms with Crippen molar-refractivity contribution in [2.24, 2.45) is 5.92 Å². The first-order chi connectivity index (χ1) is 7.84. The number of aromatic nitrogens is 1. The maximum Gasteiger partial charge on any atom is 0.187 e. The third-order valence-electron chi connectivity index (χ3n) is 2.77. The van der Waals surface area contributed by atoms with E-state index >= 15 is 0 Å². The van der Waals surface area contributed by atoms with Crippen molar-refractivity contribution in [3.8, 4) is 11.3 Å². The van der Waals surface area contributed by atoms with E-state index in [9.17, 15) is 4.79 Å². The SMILES string of the molecule is O=C(c1cc(-c2ccccc2)on1)C1CC1. The van der Waals surface area contributed by atoms with Gasteiger partial charge in [0.25, 0.3) is 0 Å². The summed E-state index contributed by atoms with van der Waals surface area (Å²) in [5.74, 6) is 0.962. The van der Waals surface area contributed by atoms with Gasteiger partial charge in [0.2, 0.25) is 0 Å². The lowest BCUT2D eigenvalue weighted by Crippen LogP contribution is -2.00. The zero-order chi connectivity index (χ0) is 11.0. The molecule has 0 saturated heterocycles. The number of nitrogens with zero attached hydrogens (tertiary/aromatic N) is 1. The van der Waals surface area contributed by atoms with Crippen LogP contribution in [0.25, 0.3) is 11.3 Å². The Bertz CT molecular complexity index is 512. The molecule has 1 fully saturated rings. The number of hydrogen-bond donors (Lipinski definition) is 0. The number of benzene rings is 1. The van der Waals surface area contributed by atoms with Crippen LogP contribution < -0.4 is 0 Å². The zero-order valence-corrected chi connectivity index (χ0v) is 8.72. The van der Waals surface area contributed by atoms with E-state index in [0.717, 1.165) is 18.4 Å². The molecule has 3 heteroatoms. The van der Waals surface area contributed by atoms with Crippen LogP contribution in [0.1, 0.15) is 23.3 Å². The molecule has 0 spiro atoms. The van der Waals surface area contributed by atoms with Crippen molar-refractivity contribution in [2.45, 2.75) is 12.8 Å². The van der Waals surface area contributed by atoms with Crippen molar-refractivity contribution in [1.82, 2.24) is 5.16 Å². The van der Waals surface area contributed by atoms with Crippen LogP contribution in [-0.2, 0) is 0 Å². The monoisotopic (exact) mass is 213 g/mol. The van der Waals surface area contributed by atoms with E-state index in [1.165, 1.54) is 0 Å². The molecule has 1 aliphatic carbocycles. The summed E-state index contributed by atoms with van der Waals surface area (Å²) in [6.45, 7) is 0. The first-order valence-corrected chi connectivity index (χ1v) is 5.41. The largest absolute Gasteiger partial charge is 0.356 e. The number of carbonyl (C=O) groups is 1. The van der Waals surface area contributed by atoms with Crippen molar-refractivity contribution in [2.75, 3.05) is 0 Å². The smallest absolute Gasteiger partial charge is 0.187 e. The highest BCUT2D eigenvalue weighted by molar-refractivity contribution is 5.98. The highest BCUT2D eigenvalue weighted by Crippen LogP contribution is 2.33. The number of Topliss-reactive ketones (excluding diaryl/α,β-unsaturated/α-hetero) is 1. The number of hydrogen-bond acceptors (Lipinski definition) is 3. The Morgan fingerprint density at radius 1 is 1.25 bits per heavy atom. The molecule has 0 bridgehead atoms. The summed E-state index contributed by atoms with van der Waals surface area (Å²) in [6.07, 6.45) is 1.98. The molecule has 0 amide bonds. The summed E-state index contributed by atoms with van der Waals surface area (Å²) in [6, 6.07) is 11.4. The van der Waals surface area contributed by atoms with Crippen molar-refractivity contribution in [1.29, 1.82) is 0 Å². The van der Waals surface area contributed by atoms with Crippen molar-refractivity contribution >= 4 is 5.78 Å². The van der Waals surface area contributed by atoms with Gasteiger partial charge < -0.3 is 4.52 Å². The van der Waals surface area contributed by atoms with Crippen molar-refractivity contribution in [3.63, 3.8) is 0 Å². The van der Waals surface area contributed by atoms with Crippen LogP contribution in [0.15, 0.2) is 40.9 Å². The molecule has 3 rings (SSSR count). The van der Waals surface area contributed by atoms with Gasteiger partial charge in [-0.2, -0.15) is 0 Å². The Labute approximate surface area is 93.1 Å². The summed E-state index contributed by atoms with van der Waals surface area (Å²) in [4.78, 5) is 11.7. The van der Waals surface area contributed by atoms with Crippen LogP contribution in [0.2, 0.25) is 0 Å². The molecule has 1 aliphatic rings. The van der Waals surface area contributed by atoms with Gasteiger partial charge >= 0.3 is 0 Å². The summed E-state index contributed by atoms with van der Waals surface area (Å²) in [5, 5.41) is 3.83. The van der Waals surface area contributed by atoms with Gasteiger partial charge in [0, 0.05) is 17.5 Å². The van der Waals surface area contributed by atoms with Gasteiger partial charge in [0.05, 0.1) is 0 Å². The lowest BCUT2D eigenvalue weighted by Gasteiger charge is -1.91. The molecular formula is C13H11NO2. The highest BCUT2D eigenvalue weighted by atomic mass is 16.5. The number of ketones is 1. The Kier molecular flexibility index (Phi) is 2.10. The molecule has 1 aromatic heterocycles. The summed E-state index contributed by atoms with van der Waals surface area (Å²) in [5.41, 5.74) is 1.41. The number of carbonyl (C=O) groups excluding carboxylic acids is 1. The van der Waals surface area contributed by atoms with Gasteiger partial charge in [0.15, 0.2) is 11.5 Å². The first kappa shape index (κ1) is 9.33. The molecule has 0 radical (unpaired) electrons. The molecule has 0 aliphatic heterocycles. The molecule has 80 valence electrons. The molecule has 2 aromatic rings. The van der Waals surface area contributed by atoms with E-state index in [-0.39, 0.29) is 11.7 Å². The molecule has 0 unspecified atom stereocenters. The average Bonchev–Trinajstić information content (AvgIpc) is 3.07. The molecule has 3 nitrogen and oxygen atoms in total. The van der Waals surface area contributed by atoms with E-state index in [1.807, 2.05) is 30.3 Å². The fraction of sp³-hybridized carbons (Fsp3) is 0.231. The minimum absolute atomic E-state index is 0.117. The van der Waals surface area contributed by atoms with Crippen LogP contribution in [0.4, 0.5) is 0 Å². The van der Waals surface area contributed by atoms with Crippen molar-refractivity contribution in [3.05, 3.63) is 42.1 Å². The number of rotatable bonds is 3. The van der Waals surface area contributed by atoms with Crippen LogP contribution in [0.3, 0.4) is 0 Å². The molecule has 0 N–H and O–H groups in total. The molecule has 1 aromatic carbocycles. The second kappa shape index (κ2) is 3.59. The third kappa shape index (κ3) is 1.65. The van der Waals surface area contributed by atoms with Gasteiger partial charge in [-0.25, -0.2) is 0 Å². The van der Waals surface area contributed by atoms with E-state index in [4.69, 9.17) is 4.52 Å². The van der Waals surface area contributed by atoms with Crippen LogP contribution in [0, 0.1) is 5.92 Å². The predicted octanol–water partition coefficient (Wildman–Crippen LogP) is 2.93. The Morgan fingerprint density at radius 2 is 2.00 bits per heavy atom. The standard InChI is InChI=1S/C13H11NO2/c15-13(10-6-7-10)11-8-12(16-14-11)9-4-2-1-3-5-9/h1-5,8,10H,6-7H2. The highest BCUT2D eigenvalue weighted by Gasteiger charge is 2.32. The minimum atomic E-state index is 0.117. The lowest BCUT2D eigenvalue weighted by atomic mass is 10.1. The first-order valence-electron chi connectivity index (χ1n) is 5.41. The van der Waals surface area contributed by atoms with E-state index in [1.54, 1.807) is 6.07 Å². The second-order valence-corrected chi connectivity index (χ2v) is 4.08. The lowest BCUT2D eigenvalue weighted by molar-refractivity contribution is 0.0959. The minimum Gasteiger partial charge on any atom is -0.356 e. The summed E-state index contributed by atoms with van der Waals surface area (Å²) < 4.78 is 5.18. The third-order valence-corrected chi connectivity index (χ3v) is 2.77. The van der Waals surface area contributed by atoms with Gasteiger partial charge in [-0.3, -0.25) is 4.79 Å². The molecule has 16 heavy (non-hydrogen) atoms. The van der Waals surface area contributed by atoms with Gasteiger partial charge in [0.1, 0.15) is 5.69 Å². The predicted molar refractivity (Wildman–Crippen MR) is 59.0 cm³/mol. The van der Waals surface area contributed by atoms with Gasteiger partial charge in [-0.05, 0) is 12.8 Å². The normalized spacial score (nSPS) is 15.0. The molecular weight excluding hydrogens is 202 g/mol. The van der Waals surface area contributed by atoms with Crippen LogP contribution in [-0.4, -0.2) is 10.9 Å². The fourth-order valence-corrected chi connectivity index (χ4v) is 1.68. The second-order valence-electron chi connectivity index (χ2n) is 4.08. The quantitative estimate of drug-likeness (QED) is 0.736. The van der Waals surface area contributed by atoms with Crippen LogP contribution in [0.5, 0.6) is 0 Å². The molecule has 0 atom stereocenters. The topological polar surface area (TPSA) is 43.1 Å². The van der Waals surface area contributed by atoms with E-state index < -0.39 is 0 Å². The summed E-state index contributed by atoms with van der Waals surface area (Å²) in [7, 11) is 0. The fourth-order valence-electron chi connectivity index (χ4n) is 1.68. The van der Waals surface area contributed by atoms with E-state index in [2.05, 4.69) is 5.16 Å². The maximum absolute atomic E-state index is 11.7. The Balaban J connectivity index is 1.90. The van der Waals surface area contributed by atoms with E-state index in [0.29, 0.717) is 11.5 Å². The molecule has 1 saturated carbocycles. The van der Waals surface area contributed by atoms with Crippen LogP contribution >= 0.6 is 0 Å². The Hall–Kier alpha value is -1.90. The summed E-state index contributed by atoms with van der Waals surface area (Å²) >= 11 is 0. The van der Waals surface area contributed by atoms with Crippen molar-refractivity contribution < 1.29 is 9.32 Å². The maximum atomic E-state index is 11.7. The van der Waals surface area contributed by atoms with Gasteiger partial charge in [-0.1, -0.05) is 35.5 Å². The molecule has 1 heterocycles. The van der Waals surface area contributed by atoms with Gasteiger partial charge in [-0.15, -0.1) is 0 Å². The Morgan fingerprint density at radius 3 is 2.69 bits per heavy atom. The average molecular weight is 213 g/mol.